The summed E-state index contributed by atoms with van der Waals surface area (Å²) in [4.78, 5) is 20.9. The minimum absolute atomic E-state index is 0.183. The van der Waals surface area contributed by atoms with Gasteiger partial charge in [-0.3, -0.25) is 9.36 Å². The molecule has 0 saturated carbocycles. The fraction of sp³-hybridized carbons (Fsp3) is 0.286. The Morgan fingerprint density at radius 1 is 1.38 bits per heavy atom. The first-order chi connectivity index (χ1) is 10.2. The molecule has 3 rings (SSSR count). The van der Waals surface area contributed by atoms with Gasteiger partial charge in [-0.1, -0.05) is 23.7 Å². The van der Waals surface area contributed by atoms with Crippen molar-refractivity contribution in [3.05, 3.63) is 51.6 Å². The van der Waals surface area contributed by atoms with Gasteiger partial charge in [0.2, 0.25) is 5.89 Å². The smallest absolute Gasteiger partial charge is 0.261 e. The minimum atomic E-state index is -0.183. The van der Waals surface area contributed by atoms with E-state index in [1.807, 2.05) is 6.92 Å². The van der Waals surface area contributed by atoms with Gasteiger partial charge in [0.1, 0.15) is 6.54 Å². The fourth-order valence-corrected chi connectivity index (χ4v) is 2.24. The van der Waals surface area contributed by atoms with Crippen LogP contribution in [0.1, 0.15) is 25.1 Å². The van der Waals surface area contributed by atoms with Crippen molar-refractivity contribution in [3.8, 4) is 0 Å². The second-order valence-corrected chi connectivity index (χ2v) is 5.13. The molecule has 0 aliphatic heterocycles. The van der Waals surface area contributed by atoms with E-state index >= 15 is 0 Å². The molecule has 0 amide bonds. The largest absolute Gasteiger partial charge is 0.337 e. The normalized spacial score (nSPS) is 11.1. The first-order valence-corrected chi connectivity index (χ1v) is 7.01. The van der Waals surface area contributed by atoms with E-state index in [0.717, 1.165) is 12.8 Å². The molecule has 3 aromatic rings. The zero-order chi connectivity index (χ0) is 14.8. The Labute approximate surface area is 125 Å². The topological polar surface area (TPSA) is 73.8 Å². The van der Waals surface area contributed by atoms with E-state index in [2.05, 4.69) is 15.1 Å². The van der Waals surface area contributed by atoms with Crippen molar-refractivity contribution in [2.45, 2.75) is 26.3 Å². The first kappa shape index (κ1) is 13.8. The van der Waals surface area contributed by atoms with Crippen LogP contribution >= 0.6 is 11.6 Å². The summed E-state index contributed by atoms with van der Waals surface area (Å²) in [7, 11) is 0. The van der Waals surface area contributed by atoms with Gasteiger partial charge >= 0.3 is 0 Å². The van der Waals surface area contributed by atoms with Gasteiger partial charge in [0.05, 0.1) is 17.2 Å². The Bertz CT molecular complexity index is 840. The molecule has 0 spiro atoms. The molecule has 2 heterocycles. The predicted octanol–water partition coefficient (Wildman–Crippen LogP) is 2.43. The summed E-state index contributed by atoms with van der Waals surface area (Å²) in [5.74, 6) is 1.04. The fourth-order valence-electron chi connectivity index (χ4n) is 2.07. The second kappa shape index (κ2) is 5.65. The summed E-state index contributed by atoms with van der Waals surface area (Å²) in [6, 6.07) is 5.03. The Morgan fingerprint density at radius 3 is 3.05 bits per heavy atom. The van der Waals surface area contributed by atoms with Crippen LogP contribution in [0.25, 0.3) is 10.9 Å². The molecule has 0 fully saturated rings. The molecule has 0 aliphatic rings. The van der Waals surface area contributed by atoms with Crippen molar-refractivity contribution in [1.29, 1.82) is 0 Å². The second-order valence-electron chi connectivity index (χ2n) is 4.69. The van der Waals surface area contributed by atoms with E-state index < -0.39 is 0 Å². The highest BCUT2D eigenvalue weighted by Gasteiger charge is 2.10. The minimum Gasteiger partial charge on any atom is -0.337 e. The molecule has 6 nitrogen and oxygen atoms in total. The number of aryl methyl sites for hydroxylation is 1. The number of aromatic nitrogens is 4. The van der Waals surface area contributed by atoms with Crippen molar-refractivity contribution in [2.75, 3.05) is 0 Å². The van der Waals surface area contributed by atoms with Crippen LogP contribution in [-0.4, -0.2) is 19.7 Å². The Balaban J connectivity index is 1.96. The molecule has 7 heteroatoms. The Kier molecular flexibility index (Phi) is 3.70. The molecule has 0 unspecified atom stereocenters. The number of hydrogen-bond donors (Lipinski definition) is 0. The summed E-state index contributed by atoms with van der Waals surface area (Å²) >= 11 is 5.92. The zero-order valence-electron chi connectivity index (χ0n) is 11.4. The number of benzene rings is 1. The third-order valence-corrected chi connectivity index (χ3v) is 3.31. The van der Waals surface area contributed by atoms with Crippen LogP contribution in [0.15, 0.2) is 33.8 Å². The number of hydrogen-bond acceptors (Lipinski definition) is 5. The third-order valence-electron chi connectivity index (χ3n) is 3.08. The highest BCUT2D eigenvalue weighted by atomic mass is 35.5. The SMILES string of the molecule is CCCc1noc(Cn2cnc3ccc(Cl)cc3c2=O)n1. The van der Waals surface area contributed by atoms with Crippen LogP contribution in [-0.2, 0) is 13.0 Å². The molecule has 108 valence electrons. The molecule has 1 aromatic carbocycles. The van der Waals surface area contributed by atoms with Crippen LogP contribution in [0.3, 0.4) is 0 Å². The number of rotatable bonds is 4. The lowest BCUT2D eigenvalue weighted by Gasteiger charge is -2.03. The maximum Gasteiger partial charge on any atom is 0.261 e. The van der Waals surface area contributed by atoms with Gasteiger partial charge in [0.25, 0.3) is 5.56 Å². The van der Waals surface area contributed by atoms with Crippen LogP contribution in [0, 0.1) is 0 Å². The Hall–Kier alpha value is -2.21. The van der Waals surface area contributed by atoms with Gasteiger partial charge in [-0.2, -0.15) is 4.98 Å². The highest BCUT2D eigenvalue weighted by molar-refractivity contribution is 6.31. The van der Waals surface area contributed by atoms with E-state index in [1.165, 1.54) is 10.9 Å². The summed E-state index contributed by atoms with van der Waals surface area (Å²) in [5.41, 5.74) is 0.426. The van der Waals surface area contributed by atoms with Crippen LogP contribution < -0.4 is 5.56 Å². The predicted molar refractivity (Wildman–Crippen MR) is 78.4 cm³/mol. The molecule has 2 aromatic heterocycles. The first-order valence-electron chi connectivity index (χ1n) is 6.63. The molecule has 0 aliphatic carbocycles. The van der Waals surface area contributed by atoms with Crippen molar-refractivity contribution in [3.63, 3.8) is 0 Å². The van der Waals surface area contributed by atoms with Crippen LogP contribution in [0.5, 0.6) is 0 Å². The number of fused-ring (bicyclic) bond motifs is 1. The molecule has 0 N–H and O–H groups in total. The molecule has 0 bridgehead atoms. The van der Waals surface area contributed by atoms with E-state index in [-0.39, 0.29) is 12.1 Å². The van der Waals surface area contributed by atoms with Gasteiger partial charge in [-0.15, -0.1) is 0 Å². The Morgan fingerprint density at radius 2 is 2.24 bits per heavy atom. The standard InChI is InChI=1S/C14H13ClN4O2/c1-2-3-12-17-13(21-18-12)7-19-8-16-11-5-4-9(15)6-10(11)14(19)20/h4-6,8H,2-3,7H2,1H3. The summed E-state index contributed by atoms with van der Waals surface area (Å²) < 4.78 is 6.57. The summed E-state index contributed by atoms with van der Waals surface area (Å²) in [6.45, 7) is 2.24. The van der Waals surface area contributed by atoms with E-state index in [1.54, 1.807) is 18.2 Å². The van der Waals surface area contributed by atoms with Gasteiger partial charge in [0.15, 0.2) is 5.82 Å². The molecule has 0 saturated heterocycles. The molecular weight excluding hydrogens is 292 g/mol. The summed E-state index contributed by atoms with van der Waals surface area (Å²) in [6.07, 6.45) is 3.17. The monoisotopic (exact) mass is 304 g/mol. The maximum absolute atomic E-state index is 12.4. The van der Waals surface area contributed by atoms with Crippen molar-refractivity contribution in [2.24, 2.45) is 0 Å². The van der Waals surface area contributed by atoms with Gasteiger partial charge in [0, 0.05) is 11.4 Å². The summed E-state index contributed by atoms with van der Waals surface area (Å²) in [5, 5.41) is 4.84. The van der Waals surface area contributed by atoms with Gasteiger partial charge < -0.3 is 4.52 Å². The van der Waals surface area contributed by atoms with Crippen molar-refractivity contribution < 1.29 is 4.52 Å². The third kappa shape index (κ3) is 2.80. The lowest BCUT2D eigenvalue weighted by Crippen LogP contribution is -2.21. The maximum atomic E-state index is 12.4. The van der Waals surface area contributed by atoms with E-state index in [0.29, 0.717) is 27.6 Å². The number of nitrogens with zero attached hydrogens (tertiary/aromatic N) is 4. The van der Waals surface area contributed by atoms with Crippen LogP contribution in [0.4, 0.5) is 0 Å². The van der Waals surface area contributed by atoms with Crippen molar-refractivity contribution >= 4 is 22.5 Å². The van der Waals surface area contributed by atoms with E-state index in [4.69, 9.17) is 16.1 Å². The van der Waals surface area contributed by atoms with E-state index in [9.17, 15) is 4.79 Å². The molecule has 0 atom stereocenters. The van der Waals surface area contributed by atoms with Crippen LogP contribution in [0.2, 0.25) is 5.02 Å². The average molecular weight is 305 g/mol. The number of halogens is 1. The molecule has 0 radical (unpaired) electrons. The lowest BCUT2D eigenvalue weighted by atomic mass is 10.2. The highest BCUT2D eigenvalue weighted by Crippen LogP contribution is 2.14. The lowest BCUT2D eigenvalue weighted by molar-refractivity contribution is 0.364. The van der Waals surface area contributed by atoms with Crippen molar-refractivity contribution in [1.82, 2.24) is 19.7 Å². The van der Waals surface area contributed by atoms with Gasteiger partial charge in [-0.05, 0) is 24.6 Å². The molecular formula is C14H13ClN4O2. The quantitative estimate of drug-likeness (QED) is 0.740. The molecule has 21 heavy (non-hydrogen) atoms. The van der Waals surface area contributed by atoms with Gasteiger partial charge in [-0.25, -0.2) is 4.98 Å². The average Bonchev–Trinajstić information content (AvgIpc) is 2.90. The zero-order valence-corrected chi connectivity index (χ0v) is 12.2.